The minimum absolute atomic E-state index is 0.0951. The number of carbonyl (C=O) groups excluding carboxylic acids is 2. The number of hydrogen-bond acceptors (Lipinski definition) is 6. The largest absolute Gasteiger partial charge is 0.334 e. The molecule has 0 unspecified atom stereocenters. The normalized spacial score (nSPS) is 18.3. The molecule has 1 atom stereocenters. The second-order valence-corrected chi connectivity index (χ2v) is 7.59. The first-order chi connectivity index (χ1) is 13.6. The number of rotatable bonds is 4. The molecular formula is C20H17N5O2S. The number of nitriles is 1. The number of carbonyl (C=O) groups is 2. The summed E-state index contributed by atoms with van der Waals surface area (Å²) in [7, 11) is 0. The topological polar surface area (TPSA) is 88.8 Å². The zero-order valence-corrected chi connectivity index (χ0v) is 15.7. The molecule has 1 saturated heterocycles. The number of hydrogen-bond donors (Lipinski definition) is 1. The molecule has 4 rings (SSSR count). The van der Waals surface area contributed by atoms with Crippen LogP contribution in [0.3, 0.4) is 0 Å². The zero-order chi connectivity index (χ0) is 19.5. The zero-order valence-electron chi connectivity index (χ0n) is 14.9. The fourth-order valence-electron chi connectivity index (χ4n) is 3.09. The Labute approximate surface area is 166 Å². The molecule has 0 bridgehead atoms. The number of amides is 2. The first-order valence-corrected chi connectivity index (χ1v) is 9.64. The molecule has 2 aromatic carbocycles. The molecule has 1 N–H and O–H groups in total. The van der Waals surface area contributed by atoms with Crippen molar-refractivity contribution in [2.24, 2.45) is 4.99 Å². The summed E-state index contributed by atoms with van der Waals surface area (Å²) in [4.78, 5) is 33.1. The molecule has 0 radical (unpaired) electrons. The highest BCUT2D eigenvalue weighted by Gasteiger charge is 2.41. The van der Waals surface area contributed by atoms with Gasteiger partial charge in [-0.2, -0.15) is 5.26 Å². The summed E-state index contributed by atoms with van der Waals surface area (Å²) in [6.07, 6.45) is 0.0951. The summed E-state index contributed by atoms with van der Waals surface area (Å²) in [5.74, 6) is -0.316. The lowest BCUT2D eigenvalue weighted by atomic mass is 10.2. The molecule has 2 amide bonds. The molecule has 28 heavy (non-hydrogen) atoms. The summed E-state index contributed by atoms with van der Waals surface area (Å²) in [6, 6.07) is 18.5. The smallest absolute Gasteiger partial charge is 0.244 e. The summed E-state index contributed by atoms with van der Waals surface area (Å²) in [5.41, 5.74) is 2.11. The Hall–Kier alpha value is -3.31. The van der Waals surface area contributed by atoms with Gasteiger partial charge in [-0.25, -0.2) is 4.99 Å². The molecule has 0 spiro atoms. The Kier molecular flexibility index (Phi) is 5.00. The van der Waals surface area contributed by atoms with Gasteiger partial charge < -0.3 is 10.2 Å². The third-order valence-corrected chi connectivity index (χ3v) is 5.69. The first-order valence-electron chi connectivity index (χ1n) is 8.76. The minimum atomic E-state index is -0.479. The molecule has 140 valence electrons. The van der Waals surface area contributed by atoms with Crippen molar-refractivity contribution in [3.05, 3.63) is 60.2 Å². The van der Waals surface area contributed by atoms with Gasteiger partial charge in [0.25, 0.3) is 0 Å². The molecule has 2 aliphatic heterocycles. The SMILES string of the molecule is N#Cc1cccc(N2CN=C3S[C@@H](CC(=O)Nc4ccccc4)C(=O)N3C2)c1. The summed E-state index contributed by atoms with van der Waals surface area (Å²) < 4.78 is 0. The maximum Gasteiger partial charge on any atom is 0.244 e. The quantitative estimate of drug-likeness (QED) is 0.865. The molecule has 1 fully saturated rings. The molecule has 2 aromatic rings. The van der Waals surface area contributed by atoms with E-state index < -0.39 is 5.25 Å². The van der Waals surface area contributed by atoms with Gasteiger partial charge in [0.05, 0.1) is 11.6 Å². The van der Waals surface area contributed by atoms with Crippen LogP contribution in [0.4, 0.5) is 11.4 Å². The van der Waals surface area contributed by atoms with E-state index in [1.807, 2.05) is 47.4 Å². The summed E-state index contributed by atoms with van der Waals surface area (Å²) in [5, 5.41) is 12.1. The van der Waals surface area contributed by atoms with E-state index in [-0.39, 0.29) is 18.2 Å². The van der Waals surface area contributed by atoms with Crippen LogP contribution in [0.2, 0.25) is 0 Å². The molecule has 8 heteroatoms. The van der Waals surface area contributed by atoms with Crippen LogP contribution in [0.5, 0.6) is 0 Å². The Bertz CT molecular complexity index is 986. The van der Waals surface area contributed by atoms with E-state index in [1.54, 1.807) is 17.0 Å². The van der Waals surface area contributed by atoms with Crippen molar-refractivity contribution in [1.29, 1.82) is 5.26 Å². The van der Waals surface area contributed by atoms with E-state index in [0.29, 0.717) is 29.8 Å². The van der Waals surface area contributed by atoms with Gasteiger partial charge in [-0.15, -0.1) is 0 Å². The monoisotopic (exact) mass is 391 g/mol. The fraction of sp³-hybridized carbons (Fsp3) is 0.200. The van der Waals surface area contributed by atoms with Crippen molar-refractivity contribution in [2.45, 2.75) is 11.7 Å². The maximum absolute atomic E-state index is 12.8. The average Bonchev–Trinajstić information content (AvgIpc) is 3.03. The minimum Gasteiger partial charge on any atom is -0.334 e. The van der Waals surface area contributed by atoms with Gasteiger partial charge in [0.1, 0.15) is 18.6 Å². The first kappa shape index (κ1) is 18.1. The van der Waals surface area contributed by atoms with Crippen LogP contribution in [0, 0.1) is 11.3 Å². The number of aliphatic imine (C=N–C) groups is 1. The van der Waals surface area contributed by atoms with Crippen molar-refractivity contribution >= 4 is 40.1 Å². The van der Waals surface area contributed by atoms with Crippen molar-refractivity contribution < 1.29 is 9.59 Å². The molecule has 0 saturated carbocycles. The third kappa shape index (κ3) is 3.70. The number of amidine groups is 1. The van der Waals surface area contributed by atoms with Crippen LogP contribution in [-0.4, -0.2) is 40.5 Å². The molecule has 2 aliphatic rings. The van der Waals surface area contributed by atoms with Crippen molar-refractivity contribution in [2.75, 3.05) is 23.6 Å². The van der Waals surface area contributed by atoms with Crippen LogP contribution in [-0.2, 0) is 9.59 Å². The van der Waals surface area contributed by atoms with Crippen molar-refractivity contribution in [1.82, 2.24) is 4.90 Å². The molecule has 7 nitrogen and oxygen atoms in total. The van der Waals surface area contributed by atoms with Gasteiger partial charge in [-0.3, -0.25) is 14.5 Å². The number of fused-ring (bicyclic) bond motifs is 1. The van der Waals surface area contributed by atoms with Crippen LogP contribution in [0.1, 0.15) is 12.0 Å². The Balaban J connectivity index is 1.41. The van der Waals surface area contributed by atoms with Gasteiger partial charge in [-0.1, -0.05) is 36.0 Å². The predicted molar refractivity (Wildman–Crippen MR) is 109 cm³/mol. The Morgan fingerprint density at radius 1 is 1.25 bits per heavy atom. The fourth-order valence-corrected chi connectivity index (χ4v) is 4.21. The van der Waals surface area contributed by atoms with E-state index >= 15 is 0 Å². The van der Waals surface area contributed by atoms with Crippen LogP contribution in [0.15, 0.2) is 59.6 Å². The van der Waals surface area contributed by atoms with Gasteiger partial charge in [-0.05, 0) is 30.3 Å². The van der Waals surface area contributed by atoms with Crippen molar-refractivity contribution in [3.63, 3.8) is 0 Å². The number of nitrogens with zero attached hydrogens (tertiary/aromatic N) is 4. The number of para-hydroxylation sites is 1. The Morgan fingerprint density at radius 2 is 2.07 bits per heavy atom. The lowest BCUT2D eigenvalue weighted by Gasteiger charge is -2.32. The van der Waals surface area contributed by atoms with Crippen LogP contribution < -0.4 is 10.2 Å². The lowest BCUT2D eigenvalue weighted by Crippen LogP contribution is -2.46. The van der Waals surface area contributed by atoms with Gasteiger partial charge >= 0.3 is 0 Å². The standard InChI is InChI=1S/C20H17N5O2S/c21-11-14-5-4-8-16(9-14)24-12-22-20-25(13-24)19(27)17(28-20)10-18(26)23-15-6-2-1-3-7-15/h1-9,17H,10,12-13H2,(H,23,26)/t17-/m0/s1. The van der Waals surface area contributed by atoms with Gasteiger partial charge in [0.15, 0.2) is 5.17 Å². The maximum atomic E-state index is 12.8. The number of nitrogens with one attached hydrogen (secondary N) is 1. The third-order valence-electron chi connectivity index (χ3n) is 4.48. The number of benzene rings is 2. The summed E-state index contributed by atoms with van der Waals surface area (Å²) >= 11 is 1.33. The van der Waals surface area contributed by atoms with Crippen molar-refractivity contribution in [3.8, 4) is 6.07 Å². The van der Waals surface area contributed by atoms with E-state index in [0.717, 1.165) is 5.69 Å². The molecule has 2 heterocycles. The second-order valence-electron chi connectivity index (χ2n) is 6.42. The van der Waals surface area contributed by atoms with Crippen LogP contribution in [0.25, 0.3) is 0 Å². The number of anilines is 2. The molecule has 0 aliphatic carbocycles. The predicted octanol–water partition coefficient (Wildman–Crippen LogP) is 2.62. The molecule has 0 aromatic heterocycles. The summed E-state index contributed by atoms with van der Waals surface area (Å²) in [6.45, 7) is 0.764. The highest BCUT2D eigenvalue weighted by Crippen LogP contribution is 2.33. The van der Waals surface area contributed by atoms with Gasteiger partial charge in [0.2, 0.25) is 11.8 Å². The Morgan fingerprint density at radius 3 is 2.86 bits per heavy atom. The average molecular weight is 391 g/mol. The number of thioether (sulfide) groups is 1. The van der Waals surface area contributed by atoms with E-state index in [4.69, 9.17) is 5.26 Å². The molecular weight excluding hydrogens is 374 g/mol. The van der Waals surface area contributed by atoms with E-state index in [2.05, 4.69) is 16.4 Å². The van der Waals surface area contributed by atoms with E-state index in [1.165, 1.54) is 11.8 Å². The van der Waals surface area contributed by atoms with E-state index in [9.17, 15) is 9.59 Å². The van der Waals surface area contributed by atoms with Crippen LogP contribution >= 0.6 is 11.8 Å². The lowest BCUT2D eigenvalue weighted by molar-refractivity contribution is -0.128. The second kappa shape index (κ2) is 7.74. The highest BCUT2D eigenvalue weighted by atomic mass is 32.2. The highest BCUT2D eigenvalue weighted by molar-refractivity contribution is 8.15. The van der Waals surface area contributed by atoms with Gasteiger partial charge in [0, 0.05) is 17.8 Å².